The molecular formula is C22H32ClN5O+2. The van der Waals surface area contributed by atoms with Crippen molar-refractivity contribution in [3.63, 3.8) is 0 Å². The van der Waals surface area contributed by atoms with Crippen LogP contribution in [0.2, 0.25) is 5.02 Å². The molecule has 2 amide bonds. The lowest BCUT2D eigenvalue weighted by Gasteiger charge is -2.33. The van der Waals surface area contributed by atoms with Crippen molar-refractivity contribution in [1.29, 1.82) is 0 Å². The minimum atomic E-state index is -0.207. The number of carbonyl (C=O) groups excluding carboxylic acids is 1. The molecule has 1 aliphatic rings. The highest BCUT2D eigenvalue weighted by molar-refractivity contribution is 6.30. The van der Waals surface area contributed by atoms with E-state index in [1.807, 2.05) is 26.2 Å². The summed E-state index contributed by atoms with van der Waals surface area (Å²) in [5, 5.41) is 6.54. The fraction of sp³-hybridized carbons (Fsp3) is 0.409. The van der Waals surface area contributed by atoms with Crippen molar-refractivity contribution in [1.82, 2.24) is 5.32 Å². The maximum atomic E-state index is 12.5. The molecule has 7 heteroatoms. The average Bonchev–Trinajstić information content (AvgIpc) is 2.70. The van der Waals surface area contributed by atoms with E-state index in [2.05, 4.69) is 46.8 Å². The van der Waals surface area contributed by atoms with Crippen LogP contribution in [0.3, 0.4) is 0 Å². The van der Waals surface area contributed by atoms with Crippen molar-refractivity contribution in [2.45, 2.75) is 6.04 Å². The van der Waals surface area contributed by atoms with Crippen molar-refractivity contribution in [2.75, 3.05) is 64.1 Å². The molecular weight excluding hydrogens is 386 g/mol. The van der Waals surface area contributed by atoms with Gasteiger partial charge in [-0.3, -0.25) is 0 Å². The number of amides is 2. The van der Waals surface area contributed by atoms with Gasteiger partial charge in [0, 0.05) is 36.1 Å². The van der Waals surface area contributed by atoms with Crippen molar-refractivity contribution >= 4 is 29.0 Å². The molecule has 6 nitrogen and oxygen atoms in total. The van der Waals surface area contributed by atoms with E-state index < -0.39 is 0 Å². The number of likely N-dealkylation sites (N-methyl/N-ethyl adjacent to an activating group) is 1. The first-order valence-corrected chi connectivity index (χ1v) is 10.5. The molecule has 4 N–H and O–H groups in total. The second-order valence-electron chi connectivity index (χ2n) is 8.00. The van der Waals surface area contributed by atoms with E-state index in [1.165, 1.54) is 16.2 Å². The van der Waals surface area contributed by atoms with E-state index >= 15 is 0 Å². The highest BCUT2D eigenvalue weighted by Crippen LogP contribution is 2.17. The molecule has 0 radical (unpaired) electrons. The van der Waals surface area contributed by atoms with Crippen molar-refractivity contribution in [3.8, 4) is 0 Å². The van der Waals surface area contributed by atoms with Gasteiger partial charge in [0.1, 0.15) is 32.2 Å². The van der Waals surface area contributed by atoms with Crippen LogP contribution in [0.15, 0.2) is 48.5 Å². The second-order valence-corrected chi connectivity index (χ2v) is 8.44. The number of urea groups is 1. The Morgan fingerprint density at radius 3 is 2.41 bits per heavy atom. The molecule has 2 aromatic carbocycles. The second kappa shape index (κ2) is 9.96. The SMILES string of the molecule is CN(C)c1ccc([C@H](CNC(=O)Nc2cccc(Cl)c2)[NH+]2CC[NH+](C)CC2)cc1. The predicted octanol–water partition coefficient (Wildman–Crippen LogP) is 0.682. The number of nitrogens with zero attached hydrogens (tertiary/aromatic N) is 1. The van der Waals surface area contributed by atoms with Gasteiger partial charge < -0.3 is 25.3 Å². The molecule has 0 saturated carbocycles. The first kappa shape index (κ1) is 21.4. The molecule has 0 unspecified atom stereocenters. The summed E-state index contributed by atoms with van der Waals surface area (Å²) in [6.45, 7) is 5.09. The Labute approximate surface area is 178 Å². The summed E-state index contributed by atoms with van der Waals surface area (Å²) in [5.74, 6) is 0. The quantitative estimate of drug-likeness (QED) is 0.559. The van der Waals surface area contributed by atoms with Crippen LogP contribution < -0.4 is 25.3 Å². The molecule has 1 heterocycles. The summed E-state index contributed by atoms with van der Waals surface area (Å²) in [6.07, 6.45) is 0. The van der Waals surface area contributed by atoms with Crippen LogP contribution in [0.5, 0.6) is 0 Å². The van der Waals surface area contributed by atoms with Crippen LogP contribution >= 0.6 is 11.6 Å². The third-order valence-corrected chi connectivity index (χ3v) is 5.83. The van der Waals surface area contributed by atoms with Gasteiger partial charge in [-0.15, -0.1) is 0 Å². The molecule has 0 aromatic heterocycles. The number of anilines is 2. The number of rotatable bonds is 6. The summed E-state index contributed by atoms with van der Waals surface area (Å²) < 4.78 is 0. The Kier molecular flexibility index (Phi) is 7.36. The third-order valence-electron chi connectivity index (χ3n) is 5.60. The van der Waals surface area contributed by atoms with Gasteiger partial charge in [0.15, 0.2) is 0 Å². The smallest absolute Gasteiger partial charge is 0.319 e. The number of hydrogen-bond acceptors (Lipinski definition) is 2. The lowest BCUT2D eigenvalue weighted by Crippen LogP contribution is -3.27. The van der Waals surface area contributed by atoms with Gasteiger partial charge in [0.05, 0.1) is 13.6 Å². The fourth-order valence-electron chi connectivity index (χ4n) is 3.79. The summed E-state index contributed by atoms with van der Waals surface area (Å²) >= 11 is 6.00. The van der Waals surface area contributed by atoms with Gasteiger partial charge >= 0.3 is 6.03 Å². The number of piperazine rings is 1. The Bertz CT molecular complexity index is 803. The average molecular weight is 418 g/mol. The topological polar surface area (TPSA) is 53.2 Å². The van der Waals surface area contributed by atoms with E-state index in [4.69, 9.17) is 11.6 Å². The summed E-state index contributed by atoms with van der Waals surface area (Å²) in [5.41, 5.74) is 3.13. The lowest BCUT2D eigenvalue weighted by atomic mass is 10.0. The molecule has 2 aromatic rings. The van der Waals surface area contributed by atoms with E-state index in [0.29, 0.717) is 17.3 Å². The largest absolute Gasteiger partial charge is 0.378 e. The fourth-order valence-corrected chi connectivity index (χ4v) is 3.98. The predicted molar refractivity (Wildman–Crippen MR) is 119 cm³/mol. The highest BCUT2D eigenvalue weighted by Gasteiger charge is 2.29. The number of quaternary nitrogens is 2. The zero-order valence-electron chi connectivity index (χ0n) is 17.5. The van der Waals surface area contributed by atoms with Crippen LogP contribution in [-0.2, 0) is 0 Å². The number of carbonyl (C=O) groups is 1. The molecule has 0 aliphatic carbocycles. The number of halogens is 1. The van der Waals surface area contributed by atoms with Crippen LogP contribution in [-0.4, -0.2) is 59.9 Å². The molecule has 0 bridgehead atoms. The van der Waals surface area contributed by atoms with Crippen LogP contribution in [0.1, 0.15) is 11.6 Å². The van der Waals surface area contributed by atoms with E-state index in [0.717, 1.165) is 26.2 Å². The number of nitrogens with one attached hydrogen (secondary N) is 4. The Morgan fingerprint density at radius 1 is 1.10 bits per heavy atom. The van der Waals surface area contributed by atoms with E-state index in [9.17, 15) is 4.79 Å². The normalized spacial score (nSPS) is 20.0. The van der Waals surface area contributed by atoms with Gasteiger partial charge in [-0.1, -0.05) is 29.8 Å². The summed E-state index contributed by atoms with van der Waals surface area (Å²) in [4.78, 5) is 17.6. The Balaban J connectivity index is 1.68. The van der Waals surface area contributed by atoms with Gasteiger partial charge in [0.2, 0.25) is 0 Å². The molecule has 0 spiro atoms. The first-order chi connectivity index (χ1) is 13.9. The van der Waals surface area contributed by atoms with E-state index in [1.54, 1.807) is 17.0 Å². The van der Waals surface area contributed by atoms with Crippen molar-refractivity contribution < 1.29 is 14.6 Å². The minimum Gasteiger partial charge on any atom is -0.378 e. The molecule has 1 atom stereocenters. The zero-order chi connectivity index (χ0) is 20.8. The standard InChI is InChI=1S/C22H30ClN5O/c1-26(2)20-9-7-17(8-10-20)21(28-13-11-27(3)12-14-28)16-24-22(29)25-19-6-4-5-18(23)15-19/h4-10,15,21H,11-14,16H2,1-3H3,(H2,24,25,29)/p+2/t21-/m0/s1. The number of hydrogen-bond donors (Lipinski definition) is 4. The van der Waals surface area contributed by atoms with Crippen LogP contribution in [0.4, 0.5) is 16.2 Å². The molecule has 156 valence electrons. The highest BCUT2D eigenvalue weighted by atomic mass is 35.5. The zero-order valence-corrected chi connectivity index (χ0v) is 18.2. The van der Waals surface area contributed by atoms with Gasteiger partial charge in [-0.05, 0) is 30.3 Å². The summed E-state index contributed by atoms with van der Waals surface area (Å²) in [7, 11) is 6.33. The maximum absolute atomic E-state index is 12.5. The monoisotopic (exact) mass is 417 g/mol. The van der Waals surface area contributed by atoms with Gasteiger partial charge in [0.25, 0.3) is 0 Å². The Morgan fingerprint density at radius 2 is 1.79 bits per heavy atom. The maximum Gasteiger partial charge on any atom is 0.319 e. The molecule has 1 fully saturated rings. The van der Waals surface area contributed by atoms with Gasteiger partial charge in [-0.2, -0.15) is 0 Å². The molecule has 29 heavy (non-hydrogen) atoms. The molecule has 1 saturated heterocycles. The van der Waals surface area contributed by atoms with Crippen LogP contribution in [0.25, 0.3) is 0 Å². The lowest BCUT2D eigenvalue weighted by molar-refractivity contribution is -1.02. The first-order valence-electron chi connectivity index (χ1n) is 10.2. The van der Waals surface area contributed by atoms with Crippen molar-refractivity contribution in [2.24, 2.45) is 0 Å². The molecule has 3 rings (SSSR count). The minimum absolute atomic E-state index is 0.207. The van der Waals surface area contributed by atoms with Gasteiger partial charge in [-0.25, -0.2) is 4.79 Å². The molecule has 1 aliphatic heterocycles. The summed E-state index contributed by atoms with van der Waals surface area (Å²) in [6, 6.07) is 15.9. The third kappa shape index (κ3) is 6.10. The van der Waals surface area contributed by atoms with E-state index in [-0.39, 0.29) is 12.1 Å². The van der Waals surface area contributed by atoms with Crippen LogP contribution in [0, 0.1) is 0 Å². The van der Waals surface area contributed by atoms with Crippen molar-refractivity contribution in [3.05, 3.63) is 59.1 Å². The number of benzene rings is 2. The Hall–Kier alpha value is -2.28.